The highest BCUT2D eigenvalue weighted by Crippen LogP contribution is 2.29. The summed E-state index contributed by atoms with van der Waals surface area (Å²) < 4.78 is 37.6. The molecule has 160 valence electrons. The number of benzene rings is 1. The number of rotatable bonds is 8. The third kappa shape index (κ3) is 6.23. The summed E-state index contributed by atoms with van der Waals surface area (Å²) in [5.74, 6) is 1.17. The molecule has 1 saturated heterocycles. The van der Waals surface area contributed by atoms with Crippen LogP contribution in [0.4, 0.5) is 0 Å². The molecule has 1 unspecified atom stereocenters. The highest BCUT2D eigenvalue weighted by atomic mass is 35.5. The van der Waals surface area contributed by atoms with Gasteiger partial charge >= 0.3 is 0 Å². The lowest BCUT2D eigenvalue weighted by Gasteiger charge is -2.33. The summed E-state index contributed by atoms with van der Waals surface area (Å²) in [7, 11) is -0.819. The monoisotopic (exact) mass is 435 g/mol. The van der Waals surface area contributed by atoms with E-state index in [1.807, 2.05) is 6.92 Å². The lowest BCUT2D eigenvalue weighted by Crippen LogP contribution is -2.43. The second-order valence-corrected chi connectivity index (χ2v) is 8.51. The number of methoxy groups -OCH3 is 2. The van der Waals surface area contributed by atoms with E-state index < -0.39 is 10.0 Å². The molecule has 2 rings (SSSR count). The van der Waals surface area contributed by atoms with Crippen molar-refractivity contribution in [3.05, 3.63) is 18.2 Å². The first-order valence-corrected chi connectivity index (χ1v) is 10.5. The lowest BCUT2D eigenvalue weighted by molar-refractivity contribution is -0.132. The maximum absolute atomic E-state index is 12.4. The molecule has 10 heteroatoms. The van der Waals surface area contributed by atoms with Gasteiger partial charge in [-0.15, -0.1) is 12.4 Å². The third-order valence-corrected chi connectivity index (χ3v) is 6.39. The van der Waals surface area contributed by atoms with Gasteiger partial charge in [0.2, 0.25) is 15.9 Å². The summed E-state index contributed by atoms with van der Waals surface area (Å²) in [6.07, 6.45) is 1.90. The Labute approximate surface area is 173 Å². The molecule has 1 aromatic rings. The zero-order valence-corrected chi connectivity index (χ0v) is 18.1. The van der Waals surface area contributed by atoms with Crippen LogP contribution in [0.15, 0.2) is 23.1 Å². The summed E-state index contributed by atoms with van der Waals surface area (Å²) in [5, 5.41) is 0. The van der Waals surface area contributed by atoms with E-state index >= 15 is 0 Å². The minimum atomic E-state index is -3.74. The number of likely N-dealkylation sites (tertiary alicyclic amines) is 1. The molecule has 0 saturated carbocycles. The van der Waals surface area contributed by atoms with E-state index in [1.54, 1.807) is 4.90 Å². The van der Waals surface area contributed by atoms with Gasteiger partial charge in [-0.2, -0.15) is 0 Å². The van der Waals surface area contributed by atoms with Crippen LogP contribution in [0.3, 0.4) is 0 Å². The topological polar surface area (TPSA) is 111 Å². The van der Waals surface area contributed by atoms with Crippen molar-refractivity contribution in [3.8, 4) is 11.5 Å². The first-order valence-electron chi connectivity index (χ1n) is 9.03. The predicted octanol–water partition coefficient (Wildman–Crippen LogP) is 1.38. The Balaban J connectivity index is 0.00000392. The van der Waals surface area contributed by atoms with Gasteiger partial charge in [-0.25, -0.2) is 13.1 Å². The number of nitrogens with zero attached hydrogens (tertiary/aromatic N) is 1. The molecule has 8 nitrogen and oxygen atoms in total. The summed E-state index contributed by atoms with van der Waals surface area (Å²) in [6, 6.07) is 4.49. The van der Waals surface area contributed by atoms with Crippen molar-refractivity contribution < 1.29 is 22.7 Å². The number of amides is 1. The minimum absolute atomic E-state index is 0. The number of hydrogen-bond donors (Lipinski definition) is 2. The molecule has 3 N–H and O–H groups in total. The summed E-state index contributed by atoms with van der Waals surface area (Å²) >= 11 is 0. The number of halogens is 1. The number of piperidine rings is 1. The molecule has 1 heterocycles. The van der Waals surface area contributed by atoms with Gasteiger partial charge in [0.05, 0.1) is 19.1 Å². The predicted molar refractivity (Wildman–Crippen MR) is 110 cm³/mol. The van der Waals surface area contributed by atoms with Gasteiger partial charge in [0.1, 0.15) is 0 Å². The van der Waals surface area contributed by atoms with Gasteiger partial charge in [0.15, 0.2) is 11.5 Å². The summed E-state index contributed by atoms with van der Waals surface area (Å²) in [6.45, 7) is 3.38. The van der Waals surface area contributed by atoms with Gasteiger partial charge in [-0.05, 0) is 37.8 Å². The quantitative estimate of drug-likeness (QED) is 0.638. The molecule has 1 aliphatic heterocycles. The second-order valence-electron chi connectivity index (χ2n) is 6.74. The van der Waals surface area contributed by atoms with Crippen LogP contribution in [0.5, 0.6) is 11.5 Å². The second kappa shape index (κ2) is 10.8. The molecule has 1 aliphatic rings. The Morgan fingerprint density at radius 1 is 1.25 bits per heavy atom. The summed E-state index contributed by atoms with van der Waals surface area (Å²) in [5.41, 5.74) is 5.91. The zero-order valence-electron chi connectivity index (χ0n) is 16.5. The van der Waals surface area contributed by atoms with Crippen LogP contribution in [0.1, 0.15) is 26.2 Å². The lowest BCUT2D eigenvalue weighted by atomic mass is 9.91. The first kappa shape index (κ1) is 24.5. The number of nitrogens with one attached hydrogen (secondary N) is 1. The number of hydrogen-bond acceptors (Lipinski definition) is 6. The van der Waals surface area contributed by atoms with Crippen molar-refractivity contribution in [2.75, 3.05) is 33.9 Å². The summed E-state index contributed by atoms with van der Waals surface area (Å²) in [4.78, 5) is 14.1. The largest absolute Gasteiger partial charge is 0.493 e. The Morgan fingerprint density at radius 3 is 2.39 bits per heavy atom. The van der Waals surface area contributed by atoms with Crippen molar-refractivity contribution in [2.24, 2.45) is 11.7 Å². The molecule has 1 aromatic carbocycles. The Kier molecular flexibility index (Phi) is 9.49. The van der Waals surface area contributed by atoms with Crippen molar-refractivity contribution in [1.29, 1.82) is 0 Å². The number of carbonyl (C=O) groups is 1. The van der Waals surface area contributed by atoms with Crippen LogP contribution in [0, 0.1) is 5.92 Å². The van der Waals surface area contributed by atoms with E-state index in [4.69, 9.17) is 15.2 Å². The van der Waals surface area contributed by atoms with Gasteiger partial charge in [-0.3, -0.25) is 4.79 Å². The zero-order chi connectivity index (χ0) is 20.0. The van der Waals surface area contributed by atoms with Gasteiger partial charge in [0.25, 0.3) is 0 Å². The van der Waals surface area contributed by atoms with E-state index in [2.05, 4.69) is 4.72 Å². The molecular formula is C18H30ClN3O5S. The van der Waals surface area contributed by atoms with Crippen LogP contribution in [0.25, 0.3) is 0 Å². The normalized spacial score (nSPS) is 16.2. The van der Waals surface area contributed by atoms with E-state index in [1.165, 1.54) is 32.4 Å². The van der Waals surface area contributed by atoms with Crippen LogP contribution in [0.2, 0.25) is 0 Å². The minimum Gasteiger partial charge on any atom is -0.493 e. The molecule has 1 atom stereocenters. The fourth-order valence-corrected chi connectivity index (χ4v) is 4.24. The molecule has 0 bridgehead atoms. The number of sulfonamides is 1. The van der Waals surface area contributed by atoms with Gasteiger partial charge in [-0.1, -0.05) is 0 Å². The molecule has 0 radical (unpaired) electrons. The van der Waals surface area contributed by atoms with Crippen molar-refractivity contribution in [1.82, 2.24) is 9.62 Å². The van der Waals surface area contributed by atoms with E-state index in [-0.39, 0.29) is 42.2 Å². The average Bonchev–Trinajstić information content (AvgIpc) is 2.67. The highest BCUT2D eigenvalue weighted by Gasteiger charge is 2.25. The fourth-order valence-electron chi connectivity index (χ4n) is 3.19. The van der Waals surface area contributed by atoms with E-state index in [0.717, 1.165) is 12.8 Å². The number of nitrogens with two attached hydrogens (primary N) is 1. The van der Waals surface area contributed by atoms with Crippen molar-refractivity contribution in [2.45, 2.75) is 37.1 Å². The van der Waals surface area contributed by atoms with Crippen LogP contribution in [-0.4, -0.2) is 59.1 Å². The number of carbonyl (C=O) groups excluding carboxylic acids is 1. The maximum atomic E-state index is 12.4. The molecule has 1 amide bonds. The standard InChI is InChI=1S/C18H29N3O5S.ClH/c1-13(19)14-7-10-21(11-8-14)18(22)6-9-20-27(23,24)15-4-5-16(25-2)17(12-15)26-3;/h4-5,12-14,20H,6-11,19H2,1-3H3;1H. The van der Waals surface area contributed by atoms with E-state index in [0.29, 0.717) is 30.5 Å². The van der Waals surface area contributed by atoms with Gasteiger partial charge < -0.3 is 20.1 Å². The van der Waals surface area contributed by atoms with Crippen molar-refractivity contribution in [3.63, 3.8) is 0 Å². The SMILES string of the molecule is COc1ccc(S(=O)(=O)NCCC(=O)N2CCC(C(C)N)CC2)cc1OC.Cl. The average molecular weight is 436 g/mol. The number of ether oxygens (including phenoxy) is 2. The molecule has 0 spiro atoms. The Bertz CT molecular complexity index is 750. The highest BCUT2D eigenvalue weighted by molar-refractivity contribution is 7.89. The first-order chi connectivity index (χ1) is 12.8. The molecule has 28 heavy (non-hydrogen) atoms. The molecular weight excluding hydrogens is 406 g/mol. The van der Waals surface area contributed by atoms with Crippen LogP contribution >= 0.6 is 12.4 Å². The van der Waals surface area contributed by atoms with Crippen molar-refractivity contribution >= 4 is 28.3 Å². The van der Waals surface area contributed by atoms with Crippen LogP contribution in [-0.2, 0) is 14.8 Å². The molecule has 0 aliphatic carbocycles. The maximum Gasteiger partial charge on any atom is 0.240 e. The Hall–Kier alpha value is -1.55. The molecule has 1 fully saturated rings. The van der Waals surface area contributed by atoms with E-state index in [9.17, 15) is 13.2 Å². The van der Waals surface area contributed by atoms with Gasteiger partial charge in [0, 0.05) is 38.2 Å². The van der Waals surface area contributed by atoms with Crippen LogP contribution < -0.4 is 19.9 Å². The Morgan fingerprint density at radius 2 is 1.86 bits per heavy atom. The third-order valence-electron chi connectivity index (χ3n) is 4.93. The molecule has 0 aromatic heterocycles. The fraction of sp³-hybridized carbons (Fsp3) is 0.611. The smallest absolute Gasteiger partial charge is 0.240 e.